The van der Waals surface area contributed by atoms with Gasteiger partial charge in [-0.3, -0.25) is 4.79 Å². The molecule has 1 heterocycles. The summed E-state index contributed by atoms with van der Waals surface area (Å²) in [5, 5.41) is 0.143. The van der Waals surface area contributed by atoms with E-state index in [0.717, 1.165) is 5.56 Å². The molecule has 0 aliphatic heterocycles. The molecule has 0 aromatic carbocycles. The molecular weight excluding hydrogens is 192 g/mol. The Labute approximate surface area is 80.7 Å². The first-order valence-corrected chi connectivity index (χ1v) is 4.15. The zero-order valence-electron chi connectivity index (χ0n) is 7.21. The molecule has 13 heavy (non-hydrogen) atoms. The lowest BCUT2D eigenvalue weighted by Gasteiger charge is -2.09. The number of rotatable bonds is 3. The molecule has 1 aromatic heterocycles. The van der Waals surface area contributed by atoms with Crippen LogP contribution in [0.15, 0.2) is 17.1 Å². The van der Waals surface area contributed by atoms with E-state index in [1.807, 2.05) is 0 Å². The predicted octanol–water partition coefficient (Wildman–Crippen LogP) is 0.675. The lowest BCUT2D eigenvalue weighted by atomic mass is 10.1. The van der Waals surface area contributed by atoms with Crippen LogP contribution in [0.5, 0.6) is 0 Å². The Hall–Kier alpha value is -0.840. The SMILES string of the molecule is COC[C@@H](N)c1c[nH]c(=O)c(Cl)c1. The highest BCUT2D eigenvalue weighted by atomic mass is 35.5. The average molecular weight is 203 g/mol. The molecule has 4 nitrogen and oxygen atoms in total. The summed E-state index contributed by atoms with van der Waals surface area (Å²) in [5.41, 5.74) is 6.16. The number of aromatic nitrogens is 1. The van der Waals surface area contributed by atoms with Gasteiger partial charge in [-0.2, -0.15) is 0 Å². The highest BCUT2D eigenvalue weighted by Crippen LogP contribution is 2.11. The summed E-state index contributed by atoms with van der Waals surface area (Å²) in [6.45, 7) is 0.391. The molecule has 5 heteroatoms. The van der Waals surface area contributed by atoms with Crippen molar-refractivity contribution in [3.8, 4) is 0 Å². The standard InChI is InChI=1S/C8H11ClN2O2/c1-13-4-7(10)5-2-6(9)8(12)11-3-5/h2-3,7H,4,10H2,1H3,(H,11,12)/t7-/m1/s1. The van der Waals surface area contributed by atoms with Gasteiger partial charge in [0.1, 0.15) is 5.02 Å². The fourth-order valence-corrected chi connectivity index (χ4v) is 1.14. The van der Waals surface area contributed by atoms with E-state index in [1.54, 1.807) is 13.2 Å². The highest BCUT2D eigenvalue weighted by Gasteiger charge is 2.07. The fourth-order valence-electron chi connectivity index (χ4n) is 0.961. The minimum atomic E-state index is -0.310. The molecule has 0 saturated heterocycles. The van der Waals surface area contributed by atoms with E-state index in [0.29, 0.717) is 6.61 Å². The summed E-state index contributed by atoms with van der Waals surface area (Å²) in [5.74, 6) is 0. The van der Waals surface area contributed by atoms with Crippen molar-refractivity contribution in [2.45, 2.75) is 6.04 Å². The van der Waals surface area contributed by atoms with Crippen LogP contribution in [-0.2, 0) is 4.74 Å². The second kappa shape index (κ2) is 4.41. The number of nitrogens with two attached hydrogens (primary N) is 1. The molecule has 0 aliphatic carbocycles. The van der Waals surface area contributed by atoms with Gasteiger partial charge in [0.25, 0.3) is 5.56 Å². The maximum Gasteiger partial charge on any atom is 0.266 e. The van der Waals surface area contributed by atoms with Gasteiger partial charge in [0.15, 0.2) is 0 Å². The number of hydrogen-bond acceptors (Lipinski definition) is 3. The average Bonchev–Trinajstić information content (AvgIpc) is 2.10. The van der Waals surface area contributed by atoms with Gasteiger partial charge in [-0.15, -0.1) is 0 Å². The number of aromatic amines is 1. The van der Waals surface area contributed by atoms with Crippen LogP contribution in [-0.4, -0.2) is 18.7 Å². The Morgan fingerprint density at radius 3 is 3.00 bits per heavy atom. The van der Waals surface area contributed by atoms with Crippen molar-refractivity contribution < 1.29 is 4.74 Å². The van der Waals surface area contributed by atoms with Crippen molar-refractivity contribution in [1.82, 2.24) is 4.98 Å². The van der Waals surface area contributed by atoms with E-state index in [9.17, 15) is 4.79 Å². The third-order valence-electron chi connectivity index (χ3n) is 1.65. The molecule has 0 aliphatic rings. The molecule has 72 valence electrons. The number of methoxy groups -OCH3 is 1. The Morgan fingerprint density at radius 1 is 1.77 bits per heavy atom. The Morgan fingerprint density at radius 2 is 2.46 bits per heavy atom. The van der Waals surface area contributed by atoms with Crippen molar-refractivity contribution >= 4 is 11.6 Å². The fraction of sp³-hybridized carbons (Fsp3) is 0.375. The zero-order chi connectivity index (χ0) is 9.84. The summed E-state index contributed by atoms with van der Waals surface area (Å²) in [6, 6.07) is 1.28. The van der Waals surface area contributed by atoms with E-state index in [2.05, 4.69) is 4.98 Å². The van der Waals surface area contributed by atoms with Gasteiger partial charge in [-0.25, -0.2) is 0 Å². The van der Waals surface area contributed by atoms with Crippen LogP contribution in [0.3, 0.4) is 0 Å². The molecule has 0 spiro atoms. The van der Waals surface area contributed by atoms with Crippen molar-refractivity contribution in [2.24, 2.45) is 5.73 Å². The first-order chi connectivity index (χ1) is 6.15. The molecule has 0 amide bonds. The van der Waals surface area contributed by atoms with E-state index < -0.39 is 0 Å². The molecule has 1 atom stereocenters. The molecule has 0 unspecified atom stereocenters. The minimum Gasteiger partial charge on any atom is -0.383 e. The van der Waals surface area contributed by atoms with Crippen LogP contribution in [0, 0.1) is 0 Å². The summed E-state index contributed by atoms with van der Waals surface area (Å²) in [4.78, 5) is 13.4. The van der Waals surface area contributed by atoms with Crippen molar-refractivity contribution in [3.05, 3.63) is 33.2 Å². The van der Waals surface area contributed by atoms with Crippen LogP contribution in [0.25, 0.3) is 0 Å². The second-order valence-electron chi connectivity index (χ2n) is 2.67. The number of pyridine rings is 1. The maximum absolute atomic E-state index is 10.9. The summed E-state index contributed by atoms with van der Waals surface area (Å²) in [6.07, 6.45) is 1.54. The Balaban J connectivity index is 2.90. The summed E-state index contributed by atoms with van der Waals surface area (Å²) < 4.78 is 4.87. The molecule has 3 N–H and O–H groups in total. The summed E-state index contributed by atoms with van der Waals surface area (Å²) >= 11 is 5.62. The third kappa shape index (κ3) is 2.55. The van der Waals surface area contributed by atoms with Crippen LogP contribution in [0.2, 0.25) is 5.02 Å². The third-order valence-corrected chi connectivity index (χ3v) is 1.94. The quantitative estimate of drug-likeness (QED) is 0.757. The molecule has 1 rings (SSSR count). The van der Waals surface area contributed by atoms with Gasteiger partial charge in [0.05, 0.1) is 12.6 Å². The molecule has 0 radical (unpaired) electrons. The highest BCUT2D eigenvalue weighted by molar-refractivity contribution is 6.30. The van der Waals surface area contributed by atoms with Gasteiger partial charge in [-0.05, 0) is 11.6 Å². The zero-order valence-corrected chi connectivity index (χ0v) is 7.97. The largest absolute Gasteiger partial charge is 0.383 e. The topological polar surface area (TPSA) is 68.1 Å². The van der Waals surface area contributed by atoms with Gasteiger partial charge in [-0.1, -0.05) is 11.6 Å². The van der Waals surface area contributed by atoms with E-state index in [4.69, 9.17) is 22.1 Å². The molecule has 0 saturated carbocycles. The number of halogens is 1. The van der Waals surface area contributed by atoms with Gasteiger partial charge in [0, 0.05) is 13.3 Å². The first kappa shape index (κ1) is 10.2. The van der Waals surface area contributed by atoms with E-state index in [-0.39, 0.29) is 16.6 Å². The Bertz CT molecular complexity index is 337. The van der Waals surface area contributed by atoms with Crippen LogP contribution >= 0.6 is 11.6 Å². The second-order valence-corrected chi connectivity index (χ2v) is 3.08. The molecule has 1 aromatic rings. The van der Waals surface area contributed by atoms with Crippen molar-refractivity contribution in [3.63, 3.8) is 0 Å². The van der Waals surface area contributed by atoms with Gasteiger partial charge < -0.3 is 15.5 Å². The molecule has 0 fully saturated rings. The van der Waals surface area contributed by atoms with Crippen LogP contribution in [0.1, 0.15) is 11.6 Å². The predicted molar refractivity (Wildman–Crippen MR) is 50.9 cm³/mol. The Kier molecular flexibility index (Phi) is 3.48. The van der Waals surface area contributed by atoms with Crippen molar-refractivity contribution in [2.75, 3.05) is 13.7 Å². The first-order valence-electron chi connectivity index (χ1n) is 3.77. The van der Waals surface area contributed by atoms with Gasteiger partial charge >= 0.3 is 0 Å². The smallest absolute Gasteiger partial charge is 0.266 e. The minimum absolute atomic E-state index is 0.143. The van der Waals surface area contributed by atoms with Gasteiger partial charge in [0.2, 0.25) is 0 Å². The monoisotopic (exact) mass is 202 g/mol. The molecular formula is C8H11ClN2O2. The summed E-state index contributed by atoms with van der Waals surface area (Å²) in [7, 11) is 1.56. The van der Waals surface area contributed by atoms with Crippen LogP contribution in [0.4, 0.5) is 0 Å². The number of hydrogen-bond donors (Lipinski definition) is 2. The number of ether oxygens (including phenoxy) is 1. The normalized spacial score (nSPS) is 12.8. The maximum atomic E-state index is 10.9. The van der Waals surface area contributed by atoms with E-state index in [1.165, 1.54) is 6.20 Å². The number of H-pyrrole nitrogens is 1. The van der Waals surface area contributed by atoms with Crippen LogP contribution < -0.4 is 11.3 Å². The lowest BCUT2D eigenvalue weighted by molar-refractivity contribution is 0.181. The number of nitrogens with one attached hydrogen (secondary N) is 1. The lowest BCUT2D eigenvalue weighted by Crippen LogP contribution is -2.18. The van der Waals surface area contributed by atoms with Crippen molar-refractivity contribution in [1.29, 1.82) is 0 Å². The van der Waals surface area contributed by atoms with E-state index >= 15 is 0 Å². The molecule has 0 bridgehead atoms.